The SMILES string of the molecule is C=C(C)CNC(=O)NC(=O)CC(C)CC(=O)O. The van der Waals surface area contributed by atoms with E-state index in [-0.39, 0.29) is 18.8 Å². The van der Waals surface area contributed by atoms with E-state index in [1.165, 1.54) is 0 Å². The lowest BCUT2D eigenvalue weighted by molar-refractivity contribution is -0.138. The molecule has 6 heteroatoms. The Balaban J connectivity index is 3.89. The van der Waals surface area contributed by atoms with Gasteiger partial charge in [0.25, 0.3) is 0 Å². The van der Waals surface area contributed by atoms with Crippen molar-refractivity contribution >= 4 is 17.9 Å². The summed E-state index contributed by atoms with van der Waals surface area (Å²) in [7, 11) is 0. The van der Waals surface area contributed by atoms with Crippen molar-refractivity contribution in [1.82, 2.24) is 10.6 Å². The lowest BCUT2D eigenvalue weighted by Gasteiger charge is -2.09. The predicted molar refractivity (Wildman–Crippen MR) is 62.4 cm³/mol. The molecular weight excluding hydrogens is 224 g/mol. The summed E-state index contributed by atoms with van der Waals surface area (Å²) >= 11 is 0. The van der Waals surface area contributed by atoms with Crippen LogP contribution in [-0.2, 0) is 9.59 Å². The summed E-state index contributed by atoms with van der Waals surface area (Å²) in [6.07, 6.45) is -0.0897. The first-order valence-corrected chi connectivity index (χ1v) is 5.25. The molecule has 0 aromatic heterocycles. The number of urea groups is 1. The van der Waals surface area contributed by atoms with E-state index in [0.29, 0.717) is 6.54 Å². The second kappa shape index (κ2) is 7.43. The van der Waals surface area contributed by atoms with Crippen molar-refractivity contribution < 1.29 is 19.5 Å². The van der Waals surface area contributed by atoms with Gasteiger partial charge in [-0.05, 0) is 12.8 Å². The highest BCUT2D eigenvalue weighted by Crippen LogP contribution is 2.06. The van der Waals surface area contributed by atoms with Crippen LogP contribution in [0, 0.1) is 5.92 Å². The maximum atomic E-state index is 11.3. The molecule has 3 N–H and O–H groups in total. The summed E-state index contributed by atoms with van der Waals surface area (Å²) in [4.78, 5) is 32.8. The molecule has 1 atom stereocenters. The largest absolute Gasteiger partial charge is 0.481 e. The lowest BCUT2D eigenvalue weighted by atomic mass is 10.0. The number of aliphatic carboxylic acids is 1. The van der Waals surface area contributed by atoms with Gasteiger partial charge in [0.05, 0.1) is 0 Å². The number of amides is 3. The molecule has 3 amide bonds. The van der Waals surface area contributed by atoms with Gasteiger partial charge in [-0.2, -0.15) is 0 Å². The number of hydrogen-bond donors (Lipinski definition) is 3. The standard InChI is InChI=1S/C11H18N2O4/c1-7(2)6-12-11(17)13-9(14)4-8(3)5-10(15)16/h8H,1,4-6H2,2-3H3,(H,15,16)(H2,12,13,14,17). The highest BCUT2D eigenvalue weighted by Gasteiger charge is 2.14. The Kier molecular flexibility index (Phi) is 6.62. The van der Waals surface area contributed by atoms with Gasteiger partial charge in [-0.15, -0.1) is 0 Å². The van der Waals surface area contributed by atoms with Crippen LogP contribution in [0.15, 0.2) is 12.2 Å². The van der Waals surface area contributed by atoms with Crippen molar-refractivity contribution in [3.05, 3.63) is 12.2 Å². The Morgan fingerprint density at radius 2 is 1.88 bits per heavy atom. The van der Waals surface area contributed by atoms with E-state index in [2.05, 4.69) is 17.2 Å². The zero-order valence-electron chi connectivity index (χ0n) is 10.1. The Morgan fingerprint density at radius 3 is 2.35 bits per heavy atom. The molecule has 96 valence electrons. The Morgan fingerprint density at radius 1 is 1.29 bits per heavy atom. The maximum absolute atomic E-state index is 11.3. The second-order valence-corrected chi connectivity index (χ2v) is 4.10. The van der Waals surface area contributed by atoms with E-state index in [1.54, 1.807) is 13.8 Å². The van der Waals surface area contributed by atoms with Crippen LogP contribution in [0.3, 0.4) is 0 Å². The molecule has 0 aromatic carbocycles. The van der Waals surface area contributed by atoms with E-state index in [4.69, 9.17) is 5.11 Å². The number of rotatable bonds is 6. The zero-order chi connectivity index (χ0) is 13.4. The van der Waals surface area contributed by atoms with E-state index in [1.807, 2.05) is 0 Å². The van der Waals surface area contributed by atoms with Crippen molar-refractivity contribution in [2.75, 3.05) is 6.54 Å². The molecule has 0 aromatic rings. The summed E-state index contributed by atoms with van der Waals surface area (Å²) in [6.45, 7) is 7.28. The number of carboxylic acid groups (broad SMARTS) is 1. The van der Waals surface area contributed by atoms with Gasteiger partial charge in [0.1, 0.15) is 0 Å². The third-order valence-electron chi connectivity index (χ3n) is 1.86. The normalized spacial score (nSPS) is 11.4. The monoisotopic (exact) mass is 242 g/mol. The molecule has 0 bridgehead atoms. The average Bonchev–Trinajstić information content (AvgIpc) is 2.12. The topological polar surface area (TPSA) is 95.5 Å². The first kappa shape index (κ1) is 15.2. The highest BCUT2D eigenvalue weighted by atomic mass is 16.4. The van der Waals surface area contributed by atoms with Crippen molar-refractivity contribution in [2.45, 2.75) is 26.7 Å². The van der Waals surface area contributed by atoms with Crippen molar-refractivity contribution in [1.29, 1.82) is 0 Å². The van der Waals surface area contributed by atoms with E-state index in [9.17, 15) is 14.4 Å². The molecule has 0 heterocycles. The minimum atomic E-state index is -0.961. The number of nitrogens with one attached hydrogen (secondary N) is 2. The first-order chi connectivity index (χ1) is 7.81. The number of carbonyl (C=O) groups excluding carboxylic acids is 2. The molecule has 0 saturated carbocycles. The summed E-state index contributed by atoms with van der Waals surface area (Å²) in [5.74, 6) is -1.75. The van der Waals surface area contributed by atoms with Crippen LogP contribution >= 0.6 is 0 Å². The van der Waals surface area contributed by atoms with Gasteiger partial charge in [-0.25, -0.2) is 4.79 Å². The van der Waals surface area contributed by atoms with Crippen molar-refractivity contribution in [2.24, 2.45) is 5.92 Å². The van der Waals surface area contributed by atoms with Crippen LogP contribution in [0.2, 0.25) is 0 Å². The molecule has 0 saturated heterocycles. The molecule has 0 fully saturated rings. The second-order valence-electron chi connectivity index (χ2n) is 4.10. The molecule has 6 nitrogen and oxygen atoms in total. The van der Waals surface area contributed by atoms with Gasteiger partial charge in [-0.3, -0.25) is 14.9 Å². The third-order valence-corrected chi connectivity index (χ3v) is 1.86. The summed E-state index contributed by atoms with van der Waals surface area (Å²) in [5, 5.41) is 13.1. The van der Waals surface area contributed by atoms with Gasteiger partial charge in [0.15, 0.2) is 0 Å². The lowest BCUT2D eigenvalue weighted by Crippen LogP contribution is -2.40. The van der Waals surface area contributed by atoms with Crippen LogP contribution in [0.5, 0.6) is 0 Å². The van der Waals surface area contributed by atoms with Gasteiger partial charge >= 0.3 is 12.0 Å². The van der Waals surface area contributed by atoms with Crippen LogP contribution in [-0.4, -0.2) is 29.6 Å². The molecule has 17 heavy (non-hydrogen) atoms. The van der Waals surface area contributed by atoms with E-state index in [0.717, 1.165) is 5.57 Å². The molecule has 0 aliphatic carbocycles. The Labute approximate surface area is 100 Å². The van der Waals surface area contributed by atoms with Crippen LogP contribution in [0.25, 0.3) is 0 Å². The quantitative estimate of drug-likeness (QED) is 0.603. The molecule has 1 unspecified atom stereocenters. The number of hydrogen-bond acceptors (Lipinski definition) is 3. The summed E-state index contributed by atoms with van der Waals surface area (Å²) < 4.78 is 0. The minimum Gasteiger partial charge on any atom is -0.481 e. The molecular formula is C11H18N2O4. The van der Waals surface area contributed by atoms with Crippen LogP contribution in [0.1, 0.15) is 26.7 Å². The number of imide groups is 1. The molecule has 0 spiro atoms. The fourth-order valence-electron chi connectivity index (χ4n) is 1.14. The van der Waals surface area contributed by atoms with Gasteiger partial charge in [-0.1, -0.05) is 19.1 Å². The summed E-state index contributed by atoms with van der Waals surface area (Å²) in [5.41, 5.74) is 0.770. The Hall–Kier alpha value is -1.85. The third kappa shape index (κ3) is 9.10. The van der Waals surface area contributed by atoms with E-state index >= 15 is 0 Å². The zero-order valence-corrected chi connectivity index (χ0v) is 10.1. The fourth-order valence-corrected chi connectivity index (χ4v) is 1.14. The van der Waals surface area contributed by atoms with Crippen molar-refractivity contribution in [3.63, 3.8) is 0 Å². The fraction of sp³-hybridized carbons (Fsp3) is 0.545. The van der Waals surface area contributed by atoms with Gasteiger partial charge in [0, 0.05) is 19.4 Å². The van der Waals surface area contributed by atoms with Crippen LogP contribution in [0.4, 0.5) is 4.79 Å². The number of carboxylic acids is 1. The molecule has 0 aliphatic heterocycles. The maximum Gasteiger partial charge on any atom is 0.321 e. The van der Waals surface area contributed by atoms with Crippen LogP contribution < -0.4 is 10.6 Å². The predicted octanol–water partition coefficient (Wildman–Crippen LogP) is 0.889. The highest BCUT2D eigenvalue weighted by molar-refractivity contribution is 5.94. The van der Waals surface area contributed by atoms with E-state index < -0.39 is 17.9 Å². The number of carbonyl (C=O) groups is 3. The minimum absolute atomic E-state index is 0.00674. The molecule has 0 radical (unpaired) electrons. The Bertz CT molecular complexity index is 325. The average molecular weight is 242 g/mol. The van der Waals surface area contributed by atoms with Gasteiger partial charge in [0.2, 0.25) is 5.91 Å². The molecule has 0 rings (SSSR count). The first-order valence-electron chi connectivity index (χ1n) is 5.25. The summed E-state index contributed by atoms with van der Waals surface area (Å²) in [6, 6.07) is -0.597. The molecule has 0 aliphatic rings. The van der Waals surface area contributed by atoms with Gasteiger partial charge < -0.3 is 10.4 Å². The smallest absolute Gasteiger partial charge is 0.321 e. The van der Waals surface area contributed by atoms with Crippen molar-refractivity contribution in [3.8, 4) is 0 Å².